The van der Waals surface area contributed by atoms with Crippen LogP contribution in [0.15, 0.2) is 51.0 Å². The molecule has 0 saturated carbocycles. The van der Waals surface area contributed by atoms with Gasteiger partial charge in [0.05, 0.1) is 12.0 Å². The number of aromatic amines is 1. The highest BCUT2D eigenvalue weighted by Gasteiger charge is 2.17. The van der Waals surface area contributed by atoms with Crippen LogP contribution in [0.4, 0.5) is 0 Å². The smallest absolute Gasteiger partial charge is 0.329 e. The molecule has 2 aromatic heterocycles. The molecular formula is C18H20N4O6S. The number of hydrogen-bond acceptors (Lipinski definition) is 7. The first-order valence-electron chi connectivity index (χ1n) is 8.61. The zero-order chi connectivity index (χ0) is 21.0. The van der Waals surface area contributed by atoms with Crippen molar-refractivity contribution in [3.8, 4) is 5.75 Å². The van der Waals surface area contributed by atoms with E-state index in [1.807, 2.05) is 0 Å². The maximum Gasteiger partial charge on any atom is 0.329 e. The fourth-order valence-electron chi connectivity index (χ4n) is 2.57. The van der Waals surface area contributed by atoms with Crippen molar-refractivity contribution in [2.45, 2.75) is 11.4 Å². The maximum absolute atomic E-state index is 12.6. The summed E-state index contributed by atoms with van der Waals surface area (Å²) in [5.74, 6) is 0.650. The highest BCUT2D eigenvalue weighted by atomic mass is 32.2. The first kappa shape index (κ1) is 20.7. The summed E-state index contributed by atoms with van der Waals surface area (Å²) in [6.07, 6.45) is 1.11. The Labute approximate surface area is 166 Å². The molecule has 3 aromatic rings. The fourth-order valence-corrected chi connectivity index (χ4v) is 3.56. The molecule has 154 valence electrons. The van der Waals surface area contributed by atoms with E-state index in [1.165, 1.54) is 13.1 Å². The lowest BCUT2D eigenvalue weighted by atomic mass is 10.2. The molecule has 0 fully saturated rings. The quantitative estimate of drug-likeness (QED) is 0.495. The second kappa shape index (κ2) is 8.55. The predicted octanol–water partition coefficient (Wildman–Crippen LogP) is 0.126. The molecule has 3 rings (SSSR count). The Kier molecular flexibility index (Phi) is 6.11. The summed E-state index contributed by atoms with van der Waals surface area (Å²) in [5, 5.41) is 0.00698. The molecule has 0 spiro atoms. The van der Waals surface area contributed by atoms with Gasteiger partial charge in [-0.15, -0.1) is 0 Å². The number of ether oxygens (including phenoxy) is 2. The minimum atomic E-state index is -3.92. The third kappa shape index (κ3) is 4.70. The van der Waals surface area contributed by atoms with E-state index in [4.69, 9.17) is 9.47 Å². The molecule has 10 nitrogen and oxygen atoms in total. The van der Waals surface area contributed by atoms with Gasteiger partial charge in [0.25, 0.3) is 5.56 Å². The van der Waals surface area contributed by atoms with Gasteiger partial charge in [0.1, 0.15) is 22.9 Å². The number of benzene rings is 1. The van der Waals surface area contributed by atoms with Crippen molar-refractivity contribution < 1.29 is 17.9 Å². The van der Waals surface area contributed by atoms with Crippen molar-refractivity contribution >= 4 is 21.1 Å². The van der Waals surface area contributed by atoms with E-state index in [2.05, 4.69) is 14.7 Å². The molecule has 0 radical (unpaired) electrons. The van der Waals surface area contributed by atoms with Crippen LogP contribution in [0, 0.1) is 0 Å². The van der Waals surface area contributed by atoms with Gasteiger partial charge in [-0.05, 0) is 23.8 Å². The van der Waals surface area contributed by atoms with Crippen molar-refractivity contribution in [2.75, 3.05) is 20.3 Å². The Morgan fingerprint density at radius 2 is 1.90 bits per heavy atom. The van der Waals surface area contributed by atoms with E-state index in [0.29, 0.717) is 19.0 Å². The van der Waals surface area contributed by atoms with Crippen LogP contribution in [0.5, 0.6) is 5.75 Å². The van der Waals surface area contributed by atoms with Crippen LogP contribution >= 0.6 is 0 Å². The Bertz CT molecular complexity index is 1230. The lowest BCUT2D eigenvalue weighted by molar-refractivity contribution is 0.146. The minimum Gasteiger partial charge on any atom is -0.491 e. The molecule has 0 saturated heterocycles. The number of pyridine rings is 1. The molecule has 29 heavy (non-hydrogen) atoms. The van der Waals surface area contributed by atoms with E-state index in [9.17, 15) is 18.0 Å². The van der Waals surface area contributed by atoms with Gasteiger partial charge >= 0.3 is 5.69 Å². The van der Waals surface area contributed by atoms with E-state index < -0.39 is 21.3 Å². The molecular weight excluding hydrogens is 400 g/mol. The highest BCUT2D eigenvalue weighted by Crippen LogP contribution is 2.15. The standard InChI is InChI=1S/C18H20N4O6S/c1-22-16-15(17(23)21-18(22)24)9-14(11-19-16)29(25,26)20-10-12-3-5-13(6-4-12)28-8-7-27-2/h3-6,9,11,20H,7-8,10H2,1-2H3,(H,21,23,24). The van der Waals surface area contributed by atoms with Gasteiger partial charge in [-0.2, -0.15) is 0 Å². The number of sulfonamides is 1. The number of hydrogen-bond donors (Lipinski definition) is 2. The monoisotopic (exact) mass is 420 g/mol. The summed E-state index contributed by atoms with van der Waals surface area (Å²) in [5.41, 5.74) is -0.501. The number of aromatic nitrogens is 3. The van der Waals surface area contributed by atoms with E-state index in [-0.39, 0.29) is 22.5 Å². The van der Waals surface area contributed by atoms with Gasteiger partial charge in [0, 0.05) is 26.9 Å². The Hall–Kier alpha value is -3.02. The Morgan fingerprint density at radius 1 is 1.17 bits per heavy atom. The van der Waals surface area contributed by atoms with Gasteiger partial charge in [-0.1, -0.05) is 12.1 Å². The first-order chi connectivity index (χ1) is 13.8. The topological polar surface area (TPSA) is 132 Å². The van der Waals surface area contributed by atoms with Crippen molar-refractivity contribution in [2.24, 2.45) is 7.05 Å². The first-order valence-corrected chi connectivity index (χ1v) is 10.1. The van der Waals surface area contributed by atoms with Gasteiger partial charge in [-0.3, -0.25) is 14.3 Å². The van der Waals surface area contributed by atoms with Crippen LogP contribution in [0.1, 0.15) is 5.56 Å². The lowest BCUT2D eigenvalue weighted by Gasteiger charge is -2.09. The summed E-state index contributed by atoms with van der Waals surface area (Å²) < 4.78 is 39.1. The average Bonchev–Trinajstić information content (AvgIpc) is 2.71. The summed E-state index contributed by atoms with van der Waals surface area (Å²) in [6.45, 7) is 0.933. The second-order valence-electron chi connectivity index (χ2n) is 6.17. The molecule has 2 heterocycles. The van der Waals surface area contributed by atoms with Crippen LogP contribution in [0.25, 0.3) is 11.0 Å². The zero-order valence-corrected chi connectivity index (χ0v) is 16.7. The third-order valence-electron chi connectivity index (χ3n) is 4.19. The van der Waals surface area contributed by atoms with Gasteiger partial charge in [-0.25, -0.2) is 22.9 Å². The molecule has 0 atom stereocenters. The van der Waals surface area contributed by atoms with Crippen molar-refractivity contribution in [1.29, 1.82) is 0 Å². The van der Waals surface area contributed by atoms with Crippen LogP contribution in [0.3, 0.4) is 0 Å². The molecule has 1 aromatic carbocycles. The van der Waals surface area contributed by atoms with E-state index in [1.54, 1.807) is 31.4 Å². The summed E-state index contributed by atoms with van der Waals surface area (Å²) >= 11 is 0. The van der Waals surface area contributed by atoms with Crippen LogP contribution in [-0.4, -0.2) is 43.3 Å². The number of H-pyrrole nitrogens is 1. The largest absolute Gasteiger partial charge is 0.491 e. The van der Waals surface area contributed by atoms with Gasteiger partial charge in [0.2, 0.25) is 10.0 Å². The molecule has 0 bridgehead atoms. The molecule has 2 N–H and O–H groups in total. The van der Waals surface area contributed by atoms with E-state index >= 15 is 0 Å². The van der Waals surface area contributed by atoms with Crippen LogP contribution in [0.2, 0.25) is 0 Å². The maximum atomic E-state index is 12.6. The van der Waals surface area contributed by atoms with Crippen LogP contribution < -0.4 is 20.7 Å². The molecule has 0 aliphatic carbocycles. The van der Waals surface area contributed by atoms with Gasteiger partial charge in [0.15, 0.2) is 0 Å². The number of rotatable bonds is 8. The highest BCUT2D eigenvalue weighted by molar-refractivity contribution is 7.89. The lowest BCUT2D eigenvalue weighted by Crippen LogP contribution is -2.29. The van der Waals surface area contributed by atoms with Gasteiger partial charge < -0.3 is 9.47 Å². The normalized spacial score (nSPS) is 11.7. The summed E-state index contributed by atoms with van der Waals surface area (Å²) in [6, 6.07) is 8.14. The molecule has 0 aliphatic heterocycles. The fraction of sp³-hybridized carbons (Fsp3) is 0.278. The van der Waals surface area contributed by atoms with Crippen LogP contribution in [-0.2, 0) is 28.4 Å². The molecule has 11 heteroatoms. The molecule has 0 amide bonds. The summed E-state index contributed by atoms with van der Waals surface area (Å²) in [4.78, 5) is 29.5. The molecule has 0 aliphatic rings. The van der Waals surface area contributed by atoms with Crippen molar-refractivity contribution in [3.63, 3.8) is 0 Å². The molecule has 0 unspecified atom stereocenters. The Balaban J connectivity index is 1.76. The Morgan fingerprint density at radius 3 is 2.59 bits per heavy atom. The van der Waals surface area contributed by atoms with Crippen molar-refractivity contribution in [3.05, 3.63) is 62.9 Å². The zero-order valence-electron chi connectivity index (χ0n) is 15.8. The number of aryl methyl sites for hydroxylation is 1. The number of methoxy groups -OCH3 is 1. The number of nitrogens with one attached hydrogen (secondary N) is 2. The average molecular weight is 420 g/mol. The minimum absolute atomic E-state index is 0.00698. The third-order valence-corrected chi connectivity index (χ3v) is 5.55. The number of nitrogens with zero attached hydrogens (tertiary/aromatic N) is 2. The SMILES string of the molecule is COCCOc1ccc(CNS(=O)(=O)c2cnc3c(c2)c(=O)[nH]c(=O)n3C)cc1. The predicted molar refractivity (Wildman–Crippen MR) is 105 cm³/mol. The van der Waals surface area contributed by atoms with E-state index in [0.717, 1.165) is 16.3 Å². The number of fused-ring (bicyclic) bond motifs is 1. The second-order valence-corrected chi connectivity index (χ2v) is 7.94. The summed E-state index contributed by atoms with van der Waals surface area (Å²) in [7, 11) is -0.900. The van der Waals surface area contributed by atoms with Crippen molar-refractivity contribution in [1.82, 2.24) is 19.3 Å².